The Kier molecular flexibility index (Phi) is 3.51. The summed E-state index contributed by atoms with van der Waals surface area (Å²) in [6.45, 7) is 0. The van der Waals surface area contributed by atoms with Gasteiger partial charge >= 0.3 is 17.9 Å². The largest absolute Gasteiger partial charge is 0.481 e. The number of methoxy groups -OCH3 is 2. The maximum Gasteiger partial charge on any atom is 0.323 e. The van der Waals surface area contributed by atoms with E-state index in [0.717, 1.165) is 0 Å². The smallest absolute Gasteiger partial charge is 0.323 e. The second kappa shape index (κ2) is 4.51. The molecule has 0 aromatic carbocycles. The molecule has 0 aliphatic heterocycles. The van der Waals surface area contributed by atoms with Crippen molar-refractivity contribution in [3.05, 3.63) is 0 Å². The third-order valence-corrected chi connectivity index (χ3v) is 2.89. The van der Waals surface area contributed by atoms with Crippen LogP contribution in [0.4, 0.5) is 0 Å². The van der Waals surface area contributed by atoms with E-state index in [9.17, 15) is 14.4 Å². The third-order valence-electron chi connectivity index (χ3n) is 2.89. The van der Waals surface area contributed by atoms with Crippen LogP contribution in [0.2, 0.25) is 0 Å². The van der Waals surface area contributed by atoms with Gasteiger partial charge in [-0.2, -0.15) is 0 Å². The lowest BCUT2D eigenvalue weighted by molar-refractivity contribution is -0.181. The number of carboxylic acid groups (broad SMARTS) is 1. The molecule has 0 atom stereocenters. The molecule has 1 rings (SSSR count). The maximum absolute atomic E-state index is 11.5. The number of carbonyl (C=O) groups excluding carboxylic acids is 2. The number of esters is 2. The van der Waals surface area contributed by atoms with E-state index < -0.39 is 23.3 Å². The molecule has 0 heterocycles. The Bertz CT molecular complexity index is 297. The molecule has 1 N–H and O–H groups in total. The van der Waals surface area contributed by atoms with Crippen molar-refractivity contribution in [2.24, 2.45) is 11.3 Å². The number of ether oxygens (including phenoxy) is 2. The molecule has 1 saturated carbocycles. The first kappa shape index (κ1) is 12.5. The van der Waals surface area contributed by atoms with Crippen LogP contribution in [0, 0.1) is 11.3 Å². The number of carboxylic acids is 1. The topological polar surface area (TPSA) is 89.9 Å². The minimum Gasteiger partial charge on any atom is -0.481 e. The van der Waals surface area contributed by atoms with Crippen LogP contribution < -0.4 is 0 Å². The minimum absolute atomic E-state index is 0.0459. The standard InChI is InChI=1S/C10H14O6/c1-15-8(13)10(9(14)16-2)4-6(5-10)3-7(11)12/h6H,3-5H2,1-2H3,(H,11,12). The number of carbonyl (C=O) groups is 3. The maximum atomic E-state index is 11.5. The molecule has 0 spiro atoms. The van der Waals surface area contributed by atoms with Gasteiger partial charge in [0.15, 0.2) is 5.41 Å². The van der Waals surface area contributed by atoms with Gasteiger partial charge in [-0.15, -0.1) is 0 Å². The van der Waals surface area contributed by atoms with Crippen molar-refractivity contribution in [1.82, 2.24) is 0 Å². The molecule has 0 bridgehead atoms. The van der Waals surface area contributed by atoms with Crippen LogP contribution in [0.25, 0.3) is 0 Å². The van der Waals surface area contributed by atoms with Crippen molar-refractivity contribution >= 4 is 17.9 Å². The summed E-state index contributed by atoms with van der Waals surface area (Å²) in [6, 6.07) is 0. The van der Waals surface area contributed by atoms with Gasteiger partial charge in [-0.05, 0) is 18.8 Å². The Labute approximate surface area is 92.5 Å². The summed E-state index contributed by atoms with van der Waals surface area (Å²) in [6.07, 6.45) is 0.313. The molecule has 0 unspecified atom stereocenters. The van der Waals surface area contributed by atoms with Crippen molar-refractivity contribution in [2.45, 2.75) is 19.3 Å². The van der Waals surface area contributed by atoms with Gasteiger partial charge in [0.05, 0.1) is 14.2 Å². The van der Waals surface area contributed by atoms with Crippen LogP contribution in [0.1, 0.15) is 19.3 Å². The van der Waals surface area contributed by atoms with Crippen molar-refractivity contribution in [2.75, 3.05) is 14.2 Å². The molecule has 0 radical (unpaired) electrons. The summed E-state index contributed by atoms with van der Waals surface area (Å²) < 4.78 is 9.09. The fourth-order valence-corrected chi connectivity index (χ4v) is 2.12. The van der Waals surface area contributed by atoms with E-state index in [2.05, 4.69) is 9.47 Å². The molecular weight excluding hydrogens is 216 g/mol. The lowest BCUT2D eigenvalue weighted by Crippen LogP contribution is -2.51. The first-order valence-electron chi connectivity index (χ1n) is 4.85. The first-order valence-corrected chi connectivity index (χ1v) is 4.85. The fraction of sp³-hybridized carbons (Fsp3) is 0.700. The third kappa shape index (κ3) is 2.00. The quantitative estimate of drug-likeness (QED) is 0.548. The van der Waals surface area contributed by atoms with E-state index in [1.54, 1.807) is 0 Å². The Morgan fingerprint density at radius 3 is 1.94 bits per heavy atom. The summed E-state index contributed by atoms with van der Waals surface area (Å²) in [5.74, 6) is -2.41. The van der Waals surface area contributed by atoms with Crippen LogP contribution in [-0.2, 0) is 23.9 Å². The van der Waals surface area contributed by atoms with Crippen molar-refractivity contribution < 1.29 is 29.0 Å². The molecular formula is C10H14O6. The van der Waals surface area contributed by atoms with Crippen LogP contribution in [0.15, 0.2) is 0 Å². The van der Waals surface area contributed by atoms with Gasteiger partial charge in [-0.1, -0.05) is 0 Å². The van der Waals surface area contributed by atoms with Gasteiger partial charge in [0.1, 0.15) is 0 Å². The fourth-order valence-electron chi connectivity index (χ4n) is 2.12. The summed E-state index contributed by atoms with van der Waals surface area (Å²) in [7, 11) is 2.38. The number of hydrogen-bond acceptors (Lipinski definition) is 5. The Hall–Kier alpha value is -1.59. The predicted octanol–water partition coefficient (Wildman–Crippen LogP) is 0.203. The van der Waals surface area contributed by atoms with Crippen LogP contribution in [0.3, 0.4) is 0 Å². The number of hydrogen-bond donors (Lipinski definition) is 1. The van der Waals surface area contributed by atoms with E-state index in [4.69, 9.17) is 5.11 Å². The zero-order valence-corrected chi connectivity index (χ0v) is 9.19. The second-order valence-corrected chi connectivity index (χ2v) is 3.94. The van der Waals surface area contributed by atoms with Crippen molar-refractivity contribution in [3.63, 3.8) is 0 Å². The molecule has 0 aromatic rings. The summed E-state index contributed by atoms with van der Waals surface area (Å²) >= 11 is 0. The monoisotopic (exact) mass is 230 g/mol. The average Bonchev–Trinajstić information content (AvgIpc) is 2.20. The number of rotatable bonds is 4. The number of aliphatic carboxylic acids is 1. The van der Waals surface area contributed by atoms with Gasteiger partial charge in [0.2, 0.25) is 0 Å². The normalized spacial score (nSPS) is 18.4. The van der Waals surface area contributed by atoms with E-state index in [0.29, 0.717) is 0 Å². The summed E-state index contributed by atoms with van der Waals surface area (Å²) in [5, 5.41) is 8.58. The van der Waals surface area contributed by atoms with Gasteiger partial charge in [-0.3, -0.25) is 14.4 Å². The summed E-state index contributed by atoms with van der Waals surface area (Å²) in [4.78, 5) is 33.4. The van der Waals surface area contributed by atoms with Crippen molar-refractivity contribution in [3.8, 4) is 0 Å². The Morgan fingerprint density at radius 1 is 1.19 bits per heavy atom. The van der Waals surface area contributed by atoms with Gasteiger partial charge in [0, 0.05) is 6.42 Å². The van der Waals surface area contributed by atoms with Gasteiger partial charge < -0.3 is 14.6 Å². The lowest BCUT2D eigenvalue weighted by Gasteiger charge is -2.41. The Morgan fingerprint density at radius 2 is 1.62 bits per heavy atom. The molecule has 1 fully saturated rings. The predicted molar refractivity (Wildman–Crippen MR) is 51.4 cm³/mol. The van der Waals surface area contributed by atoms with Crippen LogP contribution in [0.5, 0.6) is 0 Å². The minimum atomic E-state index is -1.29. The van der Waals surface area contributed by atoms with Gasteiger partial charge in [-0.25, -0.2) is 0 Å². The van der Waals surface area contributed by atoms with E-state index in [1.807, 2.05) is 0 Å². The molecule has 16 heavy (non-hydrogen) atoms. The zero-order chi connectivity index (χ0) is 12.3. The molecule has 1 aliphatic carbocycles. The van der Waals surface area contributed by atoms with Crippen LogP contribution >= 0.6 is 0 Å². The highest BCUT2D eigenvalue weighted by atomic mass is 16.5. The van der Waals surface area contributed by atoms with E-state index in [1.165, 1.54) is 14.2 Å². The van der Waals surface area contributed by atoms with E-state index in [-0.39, 0.29) is 25.2 Å². The van der Waals surface area contributed by atoms with Gasteiger partial charge in [0.25, 0.3) is 0 Å². The molecule has 6 heteroatoms. The van der Waals surface area contributed by atoms with E-state index >= 15 is 0 Å². The highest BCUT2D eigenvalue weighted by molar-refractivity contribution is 6.01. The second-order valence-electron chi connectivity index (χ2n) is 3.94. The zero-order valence-electron chi connectivity index (χ0n) is 9.19. The SMILES string of the molecule is COC(=O)C1(C(=O)OC)CC(CC(=O)O)C1. The highest BCUT2D eigenvalue weighted by Crippen LogP contribution is 2.48. The Balaban J connectivity index is 2.70. The van der Waals surface area contributed by atoms with Crippen molar-refractivity contribution in [1.29, 1.82) is 0 Å². The average molecular weight is 230 g/mol. The first-order chi connectivity index (χ1) is 7.46. The van der Waals surface area contributed by atoms with Crippen LogP contribution in [-0.4, -0.2) is 37.2 Å². The molecule has 1 aliphatic rings. The molecule has 0 aromatic heterocycles. The summed E-state index contributed by atoms with van der Waals surface area (Å²) in [5.41, 5.74) is -1.29. The lowest BCUT2D eigenvalue weighted by atomic mass is 9.61. The molecule has 6 nitrogen and oxygen atoms in total. The molecule has 0 saturated heterocycles. The molecule has 90 valence electrons. The molecule has 0 amide bonds. The highest BCUT2D eigenvalue weighted by Gasteiger charge is 2.58.